The topological polar surface area (TPSA) is 23.8 Å². The van der Waals surface area contributed by atoms with Gasteiger partial charge in [0.05, 0.1) is 5.56 Å². The highest BCUT2D eigenvalue weighted by atomic mass is 19.2. The molecule has 0 bridgehead atoms. The molecule has 1 aliphatic carbocycles. The van der Waals surface area contributed by atoms with Crippen LogP contribution in [0.5, 0.6) is 0 Å². The van der Waals surface area contributed by atoms with Gasteiger partial charge in [-0.1, -0.05) is 32.6 Å². The third-order valence-corrected chi connectivity index (χ3v) is 4.79. The second-order valence-corrected chi connectivity index (χ2v) is 6.27. The highest BCUT2D eigenvalue weighted by molar-refractivity contribution is 5.37. The molecule has 1 saturated carbocycles. The number of nitriles is 1. The maximum Gasteiger partial charge on any atom is 0.177 e. The van der Waals surface area contributed by atoms with Crippen molar-refractivity contribution in [3.05, 3.63) is 34.6 Å². The van der Waals surface area contributed by atoms with Crippen molar-refractivity contribution in [3.63, 3.8) is 0 Å². The number of hydrogen-bond donors (Lipinski definition) is 0. The summed E-state index contributed by atoms with van der Waals surface area (Å²) in [5, 5.41) is 8.68. The molecule has 0 amide bonds. The van der Waals surface area contributed by atoms with Crippen LogP contribution in [0.1, 0.15) is 75.3 Å². The normalized spacial score (nSPS) is 21.6. The van der Waals surface area contributed by atoms with Crippen molar-refractivity contribution in [1.29, 1.82) is 5.26 Å². The lowest BCUT2D eigenvalue weighted by Crippen LogP contribution is -2.16. The van der Waals surface area contributed by atoms with Gasteiger partial charge in [-0.15, -0.1) is 0 Å². The lowest BCUT2D eigenvalue weighted by atomic mass is 9.76. The molecular formula is C18H22F3N. The largest absolute Gasteiger partial charge is 0.207 e. The molecule has 0 aliphatic heterocycles. The summed E-state index contributed by atoms with van der Waals surface area (Å²) in [6.07, 6.45) is 8.06. The third kappa shape index (κ3) is 3.63. The van der Waals surface area contributed by atoms with Gasteiger partial charge < -0.3 is 0 Å². The van der Waals surface area contributed by atoms with E-state index in [1.807, 2.05) is 0 Å². The Labute approximate surface area is 130 Å². The number of benzene rings is 1. The first-order chi connectivity index (χ1) is 10.6. The molecule has 22 heavy (non-hydrogen) atoms. The van der Waals surface area contributed by atoms with Gasteiger partial charge in [0, 0.05) is 5.56 Å². The Morgan fingerprint density at radius 2 is 1.77 bits per heavy atom. The monoisotopic (exact) mass is 309 g/mol. The molecule has 0 aromatic heterocycles. The first kappa shape index (κ1) is 16.9. The lowest BCUT2D eigenvalue weighted by Gasteiger charge is -2.29. The summed E-state index contributed by atoms with van der Waals surface area (Å²) >= 11 is 0. The SMILES string of the molecule is CCCCCC1CCC(c2c(F)cc(C#N)c(F)c2F)CC1. The van der Waals surface area contributed by atoms with E-state index in [-0.39, 0.29) is 11.5 Å². The predicted octanol–water partition coefficient (Wildman–Crippen LogP) is 5.83. The molecule has 0 heterocycles. The molecule has 0 radical (unpaired) electrons. The molecule has 0 spiro atoms. The summed E-state index contributed by atoms with van der Waals surface area (Å²) in [6, 6.07) is 2.31. The Balaban J connectivity index is 2.06. The van der Waals surface area contributed by atoms with Crippen LogP contribution in [0.4, 0.5) is 13.2 Å². The summed E-state index contributed by atoms with van der Waals surface area (Å²) < 4.78 is 41.8. The van der Waals surface area contributed by atoms with Crippen LogP contribution in [-0.4, -0.2) is 0 Å². The van der Waals surface area contributed by atoms with Crippen molar-refractivity contribution in [3.8, 4) is 6.07 Å². The van der Waals surface area contributed by atoms with Gasteiger partial charge in [0.1, 0.15) is 11.9 Å². The average Bonchev–Trinajstić information content (AvgIpc) is 2.52. The van der Waals surface area contributed by atoms with Gasteiger partial charge in [-0.05, 0) is 43.6 Å². The summed E-state index contributed by atoms with van der Waals surface area (Å²) in [4.78, 5) is 0. The Morgan fingerprint density at radius 1 is 1.09 bits per heavy atom. The number of rotatable bonds is 5. The average molecular weight is 309 g/mol. The fraction of sp³-hybridized carbons (Fsp3) is 0.611. The fourth-order valence-electron chi connectivity index (χ4n) is 3.49. The maximum atomic E-state index is 14.1. The molecule has 4 heteroatoms. The highest BCUT2D eigenvalue weighted by Crippen LogP contribution is 2.40. The summed E-state index contributed by atoms with van der Waals surface area (Å²) in [7, 11) is 0. The molecule has 1 fully saturated rings. The first-order valence-corrected chi connectivity index (χ1v) is 8.15. The van der Waals surface area contributed by atoms with Gasteiger partial charge in [-0.25, -0.2) is 13.2 Å². The van der Waals surface area contributed by atoms with Crippen molar-refractivity contribution in [2.24, 2.45) is 5.92 Å². The minimum Gasteiger partial charge on any atom is -0.207 e. The Bertz CT molecular complexity index is 554. The smallest absolute Gasteiger partial charge is 0.177 e. The van der Waals surface area contributed by atoms with Crippen molar-refractivity contribution >= 4 is 0 Å². The van der Waals surface area contributed by atoms with Gasteiger partial charge in [0.2, 0.25) is 0 Å². The van der Waals surface area contributed by atoms with Crippen LogP contribution in [0.2, 0.25) is 0 Å². The van der Waals surface area contributed by atoms with E-state index in [0.29, 0.717) is 18.8 Å². The molecule has 2 rings (SSSR count). The molecule has 1 aromatic rings. The van der Waals surface area contributed by atoms with Crippen LogP contribution in [0.25, 0.3) is 0 Å². The number of nitrogens with zero attached hydrogens (tertiary/aromatic N) is 1. The molecule has 0 saturated heterocycles. The van der Waals surface area contributed by atoms with Crippen LogP contribution in [0.15, 0.2) is 6.07 Å². The number of unbranched alkanes of at least 4 members (excludes halogenated alkanes) is 2. The zero-order valence-electron chi connectivity index (χ0n) is 13.0. The van der Waals surface area contributed by atoms with Crippen molar-refractivity contribution in [1.82, 2.24) is 0 Å². The molecule has 1 aromatic carbocycles. The van der Waals surface area contributed by atoms with Crippen molar-refractivity contribution in [2.75, 3.05) is 0 Å². The van der Waals surface area contributed by atoms with Gasteiger partial charge >= 0.3 is 0 Å². The van der Waals surface area contributed by atoms with Gasteiger partial charge in [-0.3, -0.25) is 0 Å². The maximum absolute atomic E-state index is 14.1. The minimum absolute atomic E-state index is 0.163. The Morgan fingerprint density at radius 3 is 2.36 bits per heavy atom. The molecule has 120 valence electrons. The Kier molecular flexibility index (Phi) is 5.88. The van der Waals surface area contributed by atoms with Crippen LogP contribution in [0, 0.1) is 34.7 Å². The molecule has 0 N–H and O–H groups in total. The quantitative estimate of drug-likeness (QED) is 0.496. The van der Waals surface area contributed by atoms with Gasteiger partial charge in [-0.2, -0.15) is 5.26 Å². The minimum atomic E-state index is -1.22. The van der Waals surface area contributed by atoms with Gasteiger partial charge in [0.25, 0.3) is 0 Å². The predicted molar refractivity (Wildman–Crippen MR) is 79.9 cm³/mol. The second-order valence-electron chi connectivity index (χ2n) is 6.27. The van der Waals surface area contributed by atoms with Crippen LogP contribution in [0.3, 0.4) is 0 Å². The number of halogens is 3. The fourth-order valence-corrected chi connectivity index (χ4v) is 3.49. The molecular weight excluding hydrogens is 287 g/mol. The number of hydrogen-bond acceptors (Lipinski definition) is 1. The van der Waals surface area contributed by atoms with Crippen molar-refractivity contribution < 1.29 is 13.2 Å². The first-order valence-electron chi connectivity index (χ1n) is 8.15. The zero-order chi connectivity index (χ0) is 16.1. The Hall–Kier alpha value is -1.50. The molecule has 1 nitrogen and oxygen atoms in total. The van der Waals surface area contributed by atoms with E-state index in [0.717, 1.165) is 18.9 Å². The van der Waals surface area contributed by atoms with E-state index in [1.54, 1.807) is 0 Å². The van der Waals surface area contributed by atoms with Crippen LogP contribution < -0.4 is 0 Å². The van der Waals surface area contributed by atoms with Crippen LogP contribution in [-0.2, 0) is 0 Å². The van der Waals surface area contributed by atoms with Crippen molar-refractivity contribution in [2.45, 2.75) is 64.2 Å². The van der Waals surface area contributed by atoms with E-state index in [1.165, 1.54) is 31.8 Å². The van der Waals surface area contributed by atoms with E-state index < -0.39 is 23.0 Å². The molecule has 0 atom stereocenters. The zero-order valence-corrected chi connectivity index (χ0v) is 13.0. The standard InChI is InChI=1S/C18H22F3N/c1-2-3-4-5-12-6-8-13(9-7-12)16-15(19)10-14(11-22)17(20)18(16)21/h10,12-13H,2-9H2,1H3. The molecule has 1 aliphatic rings. The summed E-state index contributed by atoms with van der Waals surface area (Å²) in [6.45, 7) is 2.17. The van der Waals surface area contributed by atoms with E-state index >= 15 is 0 Å². The van der Waals surface area contributed by atoms with Gasteiger partial charge in [0.15, 0.2) is 11.6 Å². The highest BCUT2D eigenvalue weighted by Gasteiger charge is 2.29. The van der Waals surface area contributed by atoms with E-state index in [4.69, 9.17) is 5.26 Å². The summed E-state index contributed by atoms with van der Waals surface area (Å²) in [5.41, 5.74) is -0.726. The molecule has 0 unspecified atom stereocenters. The lowest BCUT2D eigenvalue weighted by molar-refractivity contribution is 0.293. The van der Waals surface area contributed by atoms with Crippen LogP contribution >= 0.6 is 0 Å². The van der Waals surface area contributed by atoms with E-state index in [2.05, 4.69) is 6.92 Å². The summed E-state index contributed by atoms with van der Waals surface area (Å²) in [5.74, 6) is -2.83. The third-order valence-electron chi connectivity index (χ3n) is 4.79. The second kappa shape index (κ2) is 7.67. The van der Waals surface area contributed by atoms with E-state index in [9.17, 15) is 13.2 Å².